The van der Waals surface area contributed by atoms with Crippen molar-refractivity contribution in [3.05, 3.63) is 29.6 Å². The Morgan fingerprint density at radius 1 is 1.43 bits per heavy atom. The van der Waals surface area contributed by atoms with Gasteiger partial charge in [-0.2, -0.15) is 0 Å². The van der Waals surface area contributed by atoms with E-state index in [0.717, 1.165) is 24.2 Å². The summed E-state index contributed by atoms with van der Waals surface area (Å²) in [5, 5.41) is 1.65. The predicted molar refractivity (Wildman–Crippen MR) is 57.6 cm³/mol. The molecule has 0 amide bonds. The highest BCUT2D eigenvalue weighted by atomic mass is 19.1. The fourth-order valence-corrected chi connectivity index (χ4v) is 1.40. The number of nitrogens with zero attached hydrogens (tertiary/aromatic N) is 1. The third-order valence-electron chi connectivity index (χ3n) is 1.97. The van der Waals surface area contributed by atoms with Gasteiger partial charge in [-0.25, -0.2) is 10.2 Å². The summed E-state index contributed by atoms with van der Waals surface area (Å²) in [6.07, 6.45) is 2.10. The first kappa shape index (κ1) is 11.0. The van der Waals surface area contributed by atoms with Crippen LogP contribution in [0.25, 0.3) is 0 Å². The highest BCUT2D eigenvalue weighted by Crippen LogP contribution is 2.25. The normalized spacial score (nSPS) is 13.3. The Balaban J connectivity index is 0.000000293. The number of halogens is 1. The minimum absolute atomic E-state index is 0.181. The van der Waals surface area contributed by atoms with Crippen LogP contribution in [0.1, 0.15) is 25.8 Å². The minimum atomic E-state index is -0.181. The fraction of sp³-hybridized carbons (Fsp3) is 0.455. The van der Waals surface area contributed by atoms with Crippen molar-refractivity contribution in [2.24, 2.45) is 5.84 Å². The van der Waals surface area contributed by atoms with Gasteiger partial charge in [0, 0.05) is 6.54 Å². The molecule has 2 rings (SSSR count). The maximum absolute atomic E-state index is 12.6. The van der Waals surface area contributed by atoms with Crippen molar-refractivity contribution in [2.45, 2.75) is 26.7 Å². The predicted octanol–water partition coefficient (Wildman–Crippen LogP) is 2.48. The number of benzene rings is 1. The number of fused-ring (bicyclic) bond motifs is 1. The van der Waals surface area contributed by atoms with E-state index in [1.807, 2.05) is 0 Å². The van der Waals surface area contributed by atoms with E-state index in [2.05, 4.69) is 13.8 Å². The van der Waals surface area contributed by atoms with Crippen molar-refractivity contribution in [2.75, 3.05) is 11.6 Å². The first-order chi connectivity index (χ1) is 6.69. The van der Waals surface area contributed by atoms with Crippen LogP contribution < -0.4 is 10.9 Å². The second kappa shape index (κ2) is 4.96. The molecule has 0 saturated carbocycles. The topological polar surface area (TPSA) is 29.3 Å². The Morgan fingerprint density at radius 2 is 2.07 bits per heavy atom. The molecule has 0 radical (unpaired) electrons. The van der Waals surface area contributed by atoms with E-state index in [1.165, 1.54) is 12.5 Å². The molecule has 2 N–H and O–H groups in total. The average molecular weight is 196 g/mol. The molecule has 0 saturated heterocycles. The van der Waals surface area contributed by atoms with Gasteiger partial charge in [-0.15, -0.1) is 0 Å². The van der Waals surface area contributed by atoms with E-state index in [9.17, 15) is 4.39 Å². The zero-order valence-corrected chi connectivity index (χ0v) is 8.76. The van der Waals surface area contributed by atoms with E-state index in [1.54, 1.807) is 17.1 Å². The molecule has 0 fully saturated rings. The largest absolute Gasteiger partial charge is 0.310 e. The smallest absolute Gasteiger partial charge is 0.123 e. The molecule has 1 aromatic carbocycles. The van der Waals surface area contributed by atoms with Crippen molar-refractivity contribution in [1.29, 1.82) is 0 Å². The molecule has 1 aromatic rings. The first-order valence-electron chi connectivity index (χ1n) is 4.99. The van der Waals surface area contributed by atoms with E-state index in [4.69, 9.17) is 5.84 Å². The second-order valence-electron chi connectivity index (χ2n) is 3.42. The van der Waals surface area contributed by atoms with Crippen LogP contribution in [0.4, 0.5) is 10.1 Å². The van der Waals surface area contributed by atoms with Crippen LogP contribution in [0.3, 0.4) is 0 Å². The zero-order valence-electron chi connectivity index (χ0n) is 8.76. The van der Waals surface area contributed by atoms with Gasteiger partial charge < -0.3 is 5.01 Å². The van der Waals surface area contributed by atoms with Gasteiger partial charge in [0.2, 0.25) is 0 Å². The Hall–Kier alpha value is -1.09. The van der Waals surface area contributed by atoms with E-state index in [0.29, 0.717) is 0 Å². The van der Waals surface area contributed by atoms with Gasteiger partial charge in [-0.3, -0.25) is 0 Å². The van der Waals surface area contributed by atoms with Gasteiger partial charge >= 0.3 is 0 Å². The third kappa shape index (κ3) is 2.45. The monoisotopic (exact) mass is 196 g/mol. The summed E-state index contributed by atoms with van der Waals surface area (Å²) in [6.45, 7) is 5.04. The Labute approximate surface area is 84.5 Å². The SMILES string of the molecule is CCC.NN1CCc2cc(F)ccc21. The summed E-state index contributed by atoms with van der Waals surface area (Å²) in [5.74, 6) is 5.43. The Bertz CT molecular complexity index is 299. The molecule has 1 aliphatic rings. The van der Waals surface area contributed by atoms with E-state index in [-0.39, 0.29) is 5.82 Å². The fourth-order valence-electron chi connectivity index (χ4n) is 1.40. The summed E-state index contributed by atoms with van der Waals surface area (Å²) in [5.41, 5.74) is 1.96. The molecule has 14 heavy (non-hydrogen) atoms. The summed E-state index contributed by atoms with van der Waals surface area (Å²) < 4.78 is 12.6. The lowest BCUT2D eigenvalue weighted by Crippen LogP contribution is -2.27. The molecule has 1 aliphatic heterocycles. The molecule has 1 heterocycles. The van der Waals surface area contributed by atoms with Crippen LogP contribution in [0.15, 0.2) is 18.2 Å². The Morgan fingerprint density at radius 3 is 2.71 bits per heavy atom. The van der Waals surface area contributed by atoms with Gasteiger partial charge in [0.1, 0.15) is 5.82 Å². The zero-order chi connectivity index (χ0) is 10.6. The van der Waals surface area contributed by atoms with E-state index < -0.39 is 0 Å². The van der Waals surface area contributed by atoms with Crippen LogP contribution in [0.5, 0.6) is 0 Å². The van der Waals surface area contributed by atoms with Gasteiger partial charge in [-0.05, 0) is 30.2 Å². The number of rotatable bonds is 0. The maximum Gasteiger partial charge on any atom is 0.123 e. The van der Waals surface area contributed by atoms with E-state index >= 15 is 0 Å². The van der Waals surface area contributed by atoms with Crippen LogP contribution in [-0.4, -0.2) is 6.54 Å². The molecule has 0 bridgehead atoms. The van der Waals surface area contributed by atoms with Crippen molar-refractivity contribution >= 4 is 5.69 Å². The molecule has 0 spiro atoms. The summed E-state index contributed by atoms with van der Waals surface area (Å²) in [6, 6.07) is 4.70. The summed E-state index contributed by atoms with van der Waals surface area (Å²) in [4.78, 5) is 0. The molecular formula is C11H17FN2. The summed E-state index contributed by atoms with van der Waals surface area (Å²) in [7, 11) is 0. The van der Waals surface area contributed by atoms with Crippen LogP contribution in [-0.2, 0) is 6.42 Å². The van der Waals surface area contributed by atoms with Crippen molar-refractivity contribution in [3.8, 4) is 0 Å². The van der Waals surface area contributed by atoms with Crippen LogP contribution in [0.2, 0.25) is 0 Å². The van der Waals surface area contributed by atoms with Crippen molar-refractivity contribution < 1.29 is 4.39 Å². The molecule has 2 nitrogen and oxygen atoms in total. The van der Waals surface area contributed by atoms with Crippen molar-refractivity contribution in [3.63, 3.8) is 0 Å². The number of hydrogen-bond acceptors (Lipinski definition) is 2. The number of hydrazine groups is 1. The molecule has 0 unspecified atom stereocenters. The van der Waals surface area contributed by atoms with Crippen LogP contribution in [0, 0.1) is 5.82 Å². The molecular weight excluding hydrogens is 179 g/mol. The quantitative estimate of drug-likeness (QED) is 0.646. The number of anilines is 1. The minimum Gasteiger partial charge on any atom is -0.310 e. The van der Waals surface area contributed by atoms with Crippen molar-refractivity contribution in [1.82, 2.24) is 0 Å². The second-order valence-corrected chi connectivity index (χ2v) is 3.42. The number of nitrogens with two attached hydrogens (primary N) is 1. The molecule has 3 heteroatoms. The lowest BCUT2D eigenvalue weighted by molar-refractivity contribution is 0.626. The number of hydrogen-bond donors (Lipinski definition) is 1. The first-order valence-corrected chi connectivity index (χ1v) is 4.99. The van der Waals surface area contributed by atoms with Gasteiger partial charge in [0.25, 0.3) is 0 Å². The average Bonchev–Trinajstić information content (AvgIpc) is 2.49. The third-order valence-corrected chi connectivity index (χ3v) is 1.97. The Kier molecular flexibility index (Phi) is 3.89. The summed E-state index contributed by atoms with van der Waals surface area (Å²) >= 11 is 0. The van der Waals surface area contributed by atoms with Gasteiger partial charge in [-0.1, -0.05) is 20.3 Å². The standard InChI is InChI=1S/C8H9FN2.C3H8/c9-7-1-2-8-6(5-7)3-4-11(8)10;1-3-2/h1-2,5H,3-4,10H2;3H2,1-2H3. The lowest BCUT2D eigenvalue weighted by Gasteiger charge is -2.10. The molecule has 0 aliphatic carbocycles. The molecule has 0 atom stereocenters. The van der Waals surface area contributed by atoms with Crippen LogP contribution >= 0.6 is 0 Å². The molecule has 0 aromatic heterocycles. The lowest BCUT2D eigenvalue weighted by atomic mass is 10.2. The van der Waals surface area contributed by atoms with Gasteiger partial charge in [0.05, 0.1) is 5.69 Å². The van der Waals surface area contributed by atoms with Gasteiger partial charge in [0.15, 0.2) is 0 Å². The highest BCUT2D eigenvalue weighted by Gasteiger charge is 2.15. The molecule has 78 valence electrons. The maximum atomic E-state index is 12.6. The highest BCUT2D eigenvalue weighted by molar-refractivity contribution is 5.56.